The van der Waals surface area contributed by atoms with Crippen molar-refractivity contribution in [3.05, 3.63) is 24.4 Å². The van der Waals surface area contributed by atoms with Gasteiger partial charge in [0, 0.05) is 12.6 Å². The number of nitrogens with zero attached hydrogens (tertiary/aromatic N) is 1. The molecule has 1 unspecified atom stereocenters. The Bertz CT molecular complexity index is 271. The number of aromatic nitrogens is 1. The van der Waals surface area contributed by atoms with Crippen LogP contribution in [0, 0.1) is 5.41 Å². The highest BCUT2D eigenvalue weighted by molar-refractivity contribution is 5.77. The summed E-state index contributed by atoms with van der Waals surface area (Å²) in [4.78, 5) is 4.02. The Morgan fingerprint density at radius 1 is 1.62 bits per heavy atom. The lowest BCUT2D eigenvalue weighted by atomic mass is 10.3. The van der Waals surface area contributed by atoms with E-state index in [2.05, 4.69) is 10.3 Å². The van der Waals surface area contributed by atoms with Crippen molar-refractivity contribution in [3.8, 4) is 0 Å². The monoisotopic (exact) mass is 179 g/mol. The van der Waals surface area contributed by atoms with Crippen LogP contribution in [0.25, 0.3) is 0 Å². The number of nitrogens with two attached hydrogens (primary N) is 2. The van der Waals surface area contributed by atoms with E-state index in [0.29, 0.717) is 12.2 Å². The molecule has 0 aliphatic carbocycles. The van der Waals surface area contributed by atoms with Crippen molar-refractivity contribution in [1.29, 1.82) is 5.41 Å². The van der Waals surface area contributed by atoms with Gasteiger partial charge in [-0.1, -0.05) is 6.07 Å². The average molecular weight is 179 g/mol. The Hall–Kier alpha value is -1.62. The van der Waals surface area contributed by atoms with Gasteiger partial charge in [0.25, 0.3) is 0 Å². The second-order valence-corrected chi connectivity index (χ2v) is 2.70. The molecule has 0 spiro atoms. The van der Waals surface area contributed by atoms with Crippen molar-refractivity contribution in [3.63, 3.8) is 0 Å². The minimum Gasteiger partial charge on any atom is -0.388 e. The van der Waals surface area contributed by atoms with Crippen LogP contribution >= 0.6 is 0 Å². The smallest absolute Gasteiger partial charge is 0.127 e. The number of pyridine rings is 1. The van der Waals surface area contributed by atoms with Crippen molar-refractivity contribution in [1.82, 2.24) is 4.98 Å². The lowest BCUT2D eigenvalue weighted by Gasteiger charge is -2.12. The molecule has 5 nitrogen and oxygen atoms in total. The number of amidine groups is 1. The molecule has 0 saturated carbocycles. The normalized spacial score (nSPS) is 12.1. The summed E-state index contributed by atoms with van der Waals surface area (Å²) in [5.41, 5.74) is 10.8. The van der Waals surface area contributed by atoms with Crippen LogP contribution in [-0.4, -0.2) is 17.0 Å². The lowest BCUT2D eigenvalue weighted by Crippen LogP contribution is -2.34. The molecule has 0 amide bonds. The molecule has 0 aliphatic rings. The molecule has 5 heteroatoms. The molecule has 0 aliphatic heterocycles. The summed E-state index contributed by atoms with van der Waals surface area (Å²) in [5, 5.41) is 9.95. The molecule has 13 heavy (non-hydrogen) atoms. The summed E-state index contributed by atoms with van der Waals surface area (Å²) >= 11 is 0. The number of hydrogen-bond acceptors (Lipinski definition) is 4. The van der Waals surface area contributed by atoms with Crippen molar-refractivity contribution >= 4 is 11.7 Å². The van der Waals surface area contributed by atoms with Gasteiger partial charge in [0.1, 0.15) is 5.82 Å². The molecule has 1 aromatic rings. The van der Waals surface area contributed by atoms with E-state index in [9.17, 15) is 0 Å². The van der Waals surface area contributed by atoms with Crippen LogP contribution < -0.4 is 16.8 Å². The van der Waals surface area contributed by atoms with Crippen LogP contribution in [0.3, 0.4) is 0 Å². The second kappa shape index (κ2) is 4.42. The van der Waals surface area contributed by atoms with Gasteiger partial charge in [-0.2, -0.15) is 0 Å². The standard InChI is InChI=1S/C8H13N5/c9-6(10)5-7(11)13-8-3-1-2-4-12-8/h1-4,7H,5,11H2,(H3,9,10)(H,12,13). The number of rotatable bonds is 4. The van der Waals surface area contributed by atoms with Gasteiger partial charge < -0.3 is 16.8 Å². The van der Waals surface area contributed by atoms with Gasteiger partial charge in [-0.25, -0.2) is 4.98 Å². The van der Waals surface area contributed by atoms with E-state index < -0.39 is 0 Å². The highest BCUT2D eigenvalue weighted by Gasteiger charge is 2.03. The molecule has 0 saturated heterocycles. The average Bonchev–Trinajstić information content (AvgIpc) is 2.04. The number of hydrogen-bond donors (Lipinski definition) is 4. The fraction of sp³-hybridized carbons (Fsp3) is 0.250. The molecular formula is C8H13N5. The molecule has 1 aromatic heterocycles. The van der Waals surface area contributed by atoms with Crippen LogP contribution in [0.1, 0.15) is 6.42 Å². The van der Waals surface area contributed by atoms with Crippen LogP contribution in [0.5, 0.6) is 0 Å². The van der Waals surface area contributed by atoms with Crippen LogP contribution in [0.4, 0.5) is 5.82 Å². The van der Waals surface area contributed by atoms with Crippen molar-refractivity contribution in [2.24, 2.45) is 11.5 Å². The highest BCUT2D eigenvalue weighted by Crippen LogP contribution is 2.01. The zero-order chi connectivity index (χ0) is 9.68. The molecule has 0 aromatic carbocycles. The Kier molecular flexibility index (Phi) is 3.22. The van der Waals surface area contributed by atoms with E-state index >= 15 is 0 Å². The van der Waals surface area contributed by atoms with Gasteiger partial charge >= 0.3 is 0 Å². The van der Waals surface area contributed by atoms with Crippen LogP contribution in [0.2, 0.25) is 0 Å². The molecule has 0 radical (unpaired) electrons. The van der Waals surface area contributed by atoms with E-state index in [1.807, 2.05) is 12.1 Å². The Balaban J connectivity index is 2.45. The molecule has 0 bridgehead atoms. The van der Waals surface area contributed by atoms with Gasteiger partial charge in [-0.3, -0.25) is 5.41 Å². The molecule has 1 atom stereocenters. The van der Waals surface area contributed by atoms with Crippen molar-refractivity contribution in [2.75, 3.05) is 5.32 Å². The van der Waals surface area contributed by atoms with Crippen LogP contribution in [0.15, 0.2) is 24.4 Å². The van der Waals surface area contributed by atoms with Crippen molar-refractivity contribution in [2.45, 2.75) is 12.6 Å². The first-order valence-electron chi connectivity index (χ1n) is 3.94. The van der Waals surface area contributed by atoms with E-state index in [0.717, 1.165) is 0 Å². The summed E-state index contributed by atoms with van der Waals surface area (Å²) < 4.78 is 0. The molecular weight excluding hydrogens is 166 g/mol. The van der Waals surface area contributed by atoms with Gasteiger partial charge in [-0.15, -0.1) is 0 Å². The van der Waals surface area contributed by atoms with E-state index in [-0.39, 0.29) is 12.0 Å². The van der Waals surface area contributed by atoms with Gasteiger partial charge in [0.05, 0.1) is 12.0 Å². The molecule has 1 rings (SSSR count). The Morgan fingerprint density at radius 2 is 2.38 bits per heavy atom. The van der Waals surface area contributed by atoms with E-state index in [4.69, 9.17) is 16.9 Å². The second-order valence-electron chi connectivity index (χ2n) is 2.70. The number of anilines is 1. The van der Waals surface area contributed by atoms with E-state index in [1.54, 1.807) is 12.3 Å². The maximum atomic E-state index is 7.03. The first kappa shape index (κ1) is 9.47. The number of nitrogens with one attached hydrogen (secondary N) is 2. The van der Waals surface area contributed by atoms with Crippen molar-refractivity contribution < 1.29 is 0 Å². The molecule has 1 heterocycles. The first-order valence-corrected chi connectivity index (χ1v) is 3.94. The molecule has 70 valence electrons. The lowest BCUT2D eigenvalue weighted by molar-refractivity contribution is 0.783. The predicted molar refractivity (Wildman–Crippen MR) is 52.4 cm³/mol. The minimum atomic E-state index is -0.354. The Morgan fingerprint density at radius 3 is 2.92 bits per heavy atom. The largest absolute Gasteiger partial charge is 0.388 e. The highest BCUT2D eigenvalue weighted by atomic mass is 15.1. The predicted octanol–water partition coefficient (Wildman–Crippen LogP) is 0.104. The van der Waals surface area contributed by atoms with E-state index in [1.165, 1.54) is 0 Å². The van der Waals surface area contributed by atoms with Gasteiger partial charge in [0.15, 0.2) is 0 Å². The third kappa shape index (κ3) is 3.53. The summed E-state index contributed by atoms with van der Waals surface area (Å²) in [6, 6.07) is 5.48. The maximum Gasteiger partial charge on any atom is 0.127 e. The fourth-order valence-corrected chi connectivity index (χ4v) is 0.926. The summed E-state index contributed by atoms with van der Waals surface area (Å²) in [6.45, 7) is 0. The zero-order valence-electron chi connectivity index (χ0n) is 7.20. The quantitative estimate of drug-likeness (QED) is 0.299. The van der Waals surface area contributed by atoms with Crippen LogP contribution in [-0.2, 0) is 0 Å². The first-order chi connectivity index (χ1) is 6.18. The zero-order valence-corrected chi connectivity index (χ0v) is 7.20. The summed E-state index contributed by atoms with van der Waals surface area (Å²) in [6.07, 6.45) is 1.63. The van der Waals surface area contributed by atoms with Gasteiger partial charge in [-0.05, 0) is 12.1 Å². The Labute approximate surface area is 76.7 Å². The SMILES string of the molecule is N=C(N)CC(N)Nc1ccccn1. The topological polar surface area (TPSA) is 101 Å². The molecule has 6 N–H and O–H groups in total. The third-order valence-electron chi connectivity index (χ3n) is 1.44. The maximum absolute atomic E-state index is 7.03. The van der Waals surface area contributed by atoms with Gasteiger partial charge in [0.2, 0.25) is 0 Å². The summed E-state index contributed by atoms with van der Waals surface area (Å²) in [7, 11) is 0. The molecule has 0 fully saturated rings. The summed E-state index contributed by atoms with van der Waals surface area (Å²) in [5.74, 6) is 0.757. The third-order valence-corrected chi connectivity index (χ3v) is 1.44. The fourth-order valence-electron chi connectivity index (χ4n) is 0.926. The minimum absolute atomic E-state index is 0.0657.